The highest BCUT2D eigenvalue weighted by molar-refractivity contribution is 5.79. The molecule has 7 nitrogen and oxygen atoms in total. The van der Waals surface area contributed by atoms with Crippen molar-refractivity contribution in [2.24, 2.45) is 0 Å². The van der Waals surface area contributed by atoms with Gasteiger partial charge >= 0.3 is 0 Å². The van der Waals surface area contributed by atoms with Crippen LogP contribution in [0.1, 0.15) is 13.8 Å². The molecule has 0 atom stereocenters. The first kappa shape index (κ1) is 16.1. The summed E-state index contributed by atoms with van der Waals surface area (Å²) in [6.45, 7) is 3.98. The molecule has 2 heterocycles. The number of benzene rings is 2. The summed E-state index contributed by atoms with van der Waals surface area (Å²) in [4.78, 5) is 8.51. The van der Waals surface area contributed by atoms with Gasteiger partial charge in [-0.2, -0.15) is 5.10 Å². The highest BCUT2D eigenvalue weighted by Crippen LogP contribution is 2.31. The molecule has 0 fully saturated rings. The lowest BCUT2D eigenvalue weighted by atomic mass is 10.2. The summed E-state index contributed by atoms with van der Waals surface area (Å²) in [5.74, 6) is 1.42. The van der Waals surface area contributed by atoms with E-state index < -0.39 is 0 Å². The predicted molar refractivity (Wildman–Crippen MR) is 98.3 cm³/mol. The Morgan fingerprint density at radius 1 is 0.962 bits per heavy atom. The standard InChI is InChI=1S/C19H19N5O2/c1-13(2)26-19-9-14(5-7-18(19)25-3)23-12-21-16-8-15(4-6-17(16)23)24-11-20-10-22-24/h4-13H,1-3H3. The lowest BCUT2D eigenvalue weighted by molar-refractivity contribution is 0.230. The minimum atomic E-state index is 0.0592. The van der Waals surface area contributed by atoms with Crippen LogP contribution in [0.2, 0.25) is 0 Å². The SMILES string of the molecule is COc1ccc(-n2cnc3cc(-n4cncn4)ccc32)cc1OC(C)C. The quantitative estimate of drug-likeness (QED) is 0.552. The Hall–Kier alpha value is -3.35. The third-order valence-electron chi connectivity index (χ3n) is 4.00. The van der Waals surface area contributed by atoms with Crippen LogP contribution in [0.4, 0.5) is 0 Å². The molecule has 0 bridgehead atoms. The lowest BCUT2D eigenvalue weighted by Gasteiger charge is -2.15. The first-order valence-corrected chi connectivity index (χ1v) is 8.33. The molecule has 26 heavy (non-hydrogen) atoms. The Kier molecular flexibility index (Phi) is 4.04. The minimum absolute atomic E-state index is 0.0592. The number of hydrogen-bond acceptors (Lipinski definition) is 5. The van der Waals surface area contributed by atoms with Crippen LogP contribution in [-0.2, 0) is 0 Å². The molecule has 0 aliphatic heterocycles. The van der Waals surface area contributed by atoms with Crippen molar-refractivity contribution < 1.29 is 9.47 Å². The first-order chi connectivity index (χ1) is 12.7. The highest BCUT2D eigenvalue weighted by Gasteiger charge is 2.11. The average Bonchev–Trinajstić information content (AvgIpc) is 3.30. The minimum Gasteiger partial charge on any atom is -0.493 e. The van der Waals surface area contributed by atoms with E-state index in [1.165, 1.54) is 6.33 Å². The van der Waals surface area contributed by atoms with Crippen molar-refractivity contribution in [3.8, 4) is 22.9 Å². The maximum absolute atomic E-state index is 5.88. The Morgan fingerprint density at radius 2 is 1.81 bits per heavy atom. The first-order valence-electron chi connectivity index (χ1n) is 8.33. The van der Waals surface area contributed by atoms with Crippen molar-refractivity contribution in [2.75, 3.05) is 7.11 Å². The molecule has 7 heteroatoms. The second-order valence-corrected chi connectivity index (χ2v) is 6.13. The van der Waals surface area contributed by atoms with E-state index in [0.717, 1.165) is 22.4 Å². The van der Waals surface area contributed by atoms with Gasteiger partial charge in [-0.25, -0.2) is 14.6 Å². The van der Waals surface area contributed by atoms with E-state index >= 15 is 0 Å². The molecular formula is C19H19N5O2. The zero-order valence-corrected chi connectivity index (χ0v) is 14.8. The number of ether oxygens (including phenoxy) is 2. The van der Waals surface area contributed by atoms with E-state index in [4.69, 9.17) is 9.47 Å². The smallest absolute Gasteiger partial charge is 0.163 e. The Balaban J connectivity index is 1.77. The zero-order valence-electron chi connectivity index (χ0n) is 14.8. The fraction of sp³-hybridized carbons (Fsp3) is 0.211. The molecule has 132 valence electrons. The van der Waals surface area contributed by atoms with Crippen LogP contribution in [0.25, 0.3) is 22.4 Å². The summed E-state index contributed by atoms with van der Waals surface area (Å²) < 4.78 is 15.0. The Morgan fingerprint density at radius 3 is 2.54 bits per heavy atom. The molecule has 0 N–H and O–H groups in total. The molecule has 4 rings (SSSR count). The second kappa shape index (κ2) is 6.51. The van der Waals surface area contributed by atoms with Gasteiger partial charge in [-0.1, -0.05) is 0 Å². The van der Waals surface area contributed by atoms with E-state index in [1.807, 2.05) is 54.8 Å². The molecule has 0 saturated heterocycles. The summed E-state index contributed by atoms with van der Waals surface area (Å²) in [7, 11) is 1.64. The molecule has 2 aromatic heterocycles. The summed E-state index contributed by atoms with van der Waals surface area (Å²) in [5, 5.41) is 4.16. The number of aromatic nitrogens is 5. The summed E-state index contributed by atoms with van der Waals surface area (Å²) in [5.41, 5.74) is 3.74. The van der Waals surface area contributed by atoms with Crippen LogP contribution < -0.4 is 9.47 Å². The molecule has 0 unspecified atom stereocenters. The second-order valence-electron chi connectivity index (χ2n) is 6.13. The normalized spacial score (nSPS) is 11.2. The van der Waals surface area contributed by atoms with Gasteiger partial charge in [-0.3, -0.25) is 4.57 Å². The molecule has 0 spiro atoms. The maximum atomic E-state index is 5.88. The van der Waals surface area contributed by atoms with Crippen molar-refractivity contribution in [1.29, 1.82) is 0 Å². The van der Waals surface area contributed by atoms with Gasteiger partial charge in [0.25, 0.3) is 0 Å². The van der Waals surface area contributed by atoms with E-state index in [2.05, 4.69) is 15.1 Å². The van der Waals surface area contributed by atoms with Gasteiger partial charge < -0.3 is 9.47 Å². The third kappa shape index (κ3) is 2.88. The predicted octanol–water partition coefficient (Wildman–Crippen LogP) is 3.40. The van der Waals surface area contributed by atoms with Crippen LogP contribution >= 0.6 is 0 Å². The van der Waals surface area contributed by atoms with Crippen molar-refractivity contribution in [3.05, 3.63) is 55.4 Å². The maximum Gasteiger partial charge on any atom is 0.163 e. The van der Waals surface area contributed by atoms with Gasteiger partial charge in [0.2, 0.25) is 0 Å². The Bertz CT molecular complexity index is 1040. The van der Waals surface area contributed by atoms with Gasteiger partial charge in [0.05, 0.1) is 35.6 Å². The summed E-state index contributed by atoms with van der Waals surface area (Å²) in [6, 6.07) is 11.8. The van der Waals surface area contributed by atoms with Crippen LogP contribution in [0.3, 0.4) is 0 Å². The number of fused-ring (bicyclic) bond motifs is 1. The van der Waals surface area contributed by atoms with E-state index in [-0.39, 0.29) is 6.10 Å². The van der Waals surface area contributed by atoms with E-state index in [9.17, 15) is 0 Å². The monoisotopic (exact) mass is 349 g/mol. The number of hydrogen-bond donors (Lipinski definition) is 0. The van der Waals surface area contributed by atoms with E-state index in [1.54, 1.807) is 24.4 Å². The third-order valence-corrected chi connectivity index (χ3v) is 4.00. The van der Waals surface area contributed by atoms with Crippen molar-refractivity contribution in [1.82, 2.24) is 24.3 Å². The van der Waals surface area contributed by atoms with Gasteiger partial charge in [0.1, 0.15) is 19.0 Å². The van der Waals surface area contributed by atoms with Crippen molar-refractivity contribution >= 4 is 11.0 Å². The van der Waals surface area contributed by atoms with Gasteiger partial charge in [0, 0.05) is 6.07 Å². The fourth-order valence-corrected chi connectivity index (χ4v) is 2.85. The summed E-state index contributed by atoms with van der Waals surface area (Å²) in [6.07, 6.45) is 5.04. The molecule has 0 radical (unpaired) electrons. The molecule has 4 aromatic rings. The van der Waals surface area contributed by atoms with Gasteiger partial charge in [-0.05, 0) is 44.2 Å². The number of imidazole rings is 1. The molecule has 0 amide bonds. The van der Waals surface area contributed by atoms with Crippen LogP contribution in [0.5, 0.6) is 11.5 Å². The van der Waals surface area contributed by atoms with Crippen molar-refractivity contribution in [2.45, 2.75) is 20.0 Å². The van der Waals surface area contributed by atoms with Crippen molar-refractivity contribution in [3.63, 3.8) is 0 Å². The molecule has 2 aromatic carbocycles. The number of methoxy groups -OCH3 is 1. The molecule has 0 aliphatic carbocycles. The number of nitrogens with zero attached hydrogens (tertiary/aromatic N) is 5. The van der Waals surface area contributed by atoms with Crippen LogP contribution in [0, 0.1) is 0 Å². The molecule has 0 aliphatic rings. The van der Waals surface area contributed by atoms with Crippen LogP contribution in [0.15, 0.2) is 55.4 Å². The lowest BCUT2D eigenvalue weighted by Crippen LogP contribution is -2.07. The molecule has 0 saturated carbocycles. The zero-order chi connectivity index (χ0) is 18.1. The average molecular weight is 349 g/mol. The van der Waals surface area contributed by atoms with E-state index in [0.29, 0.717) is 11.5 Å². The van der Waals surface area contributed by atoms with Gasteiger partial charge in [-0.15, -0.1) is 0 Å². The van der Waals surface area contributed by atoms with Gasteiger partial charge in [0.15, 0.2) is 11.5 Å². The largest absolute Gasteiger partial charge is 0.493 e. The summed E-state index contributed by atoms with van der Waals surface area (Å²) >= 11 is 0. The topological polar surface area (TPSA) is 67.0 Å². The highest BCUT2D eigenvalue weighted by atomic mass is 16.5. The van der Waals surface area contributed by atoms with Crippen LogP contribution in [-0.4, -0.2) is 37.5 Å². The Labute approximate surface area is 150 Å². The molecular weight excluding hydrogens is 330 g/mol. The fourth-order valence-electron chi connectivity index (χ4n) is 2.85. The number of rotatable bonds is 5.